The molecule has 1 amide bonds. The highest BCUT2D eigenvalue weighted by Crippen LogP contribution is 2.24. The van der Waals surface area contributed by atoms with Crippen molar-refractivity contribution in [3.05, 3.63) is 34.9 Å². The number of benzene rings is 1. The van der Waals surface area contributed by atoms with E-state index in [-0.39, 0.29) is 11.3 Å². The Balaban J connectivity index is 2.61. The van der Waals surface area contributed by atoms with Crippen LogP contribution in [0.15, 0.2) is 18.2 Å². The van der Waals surface area contributed by atoms with Gasteiger partial charge in [-0.2, -0.15) is 0 Å². The van der Waals surface area contributed by atoms with Crippen LogP contribution in [-0.4, -0.2) is 17.3 Å². The van der Waals surface area contributed by atoms with E-state index in [1.54, 1.807) is 0 Å². The van der Waals surface area contributed by atoms with E-state index in [4.69, 9.17) is 0 Å². The minimum atomic E-state index is 0.0222. The molecule has 1 unspecified atom stereocenters. The molecule has 1 atom stereocenters. The van der Waals surface area contributed by atoms with Gasteiger partial charge in [0.1, 0.15) is 0 Å². The minimum Gasteiger partial charge on any atom is -0.351 e. The van der Waals surface area contributed by atoms with Crippen LogP contribution in [0.25, 0.3) is 0 Å². The zero-order valence-electron chi connectivity index (χ0n) is 12.5. The van der Waals surface area contributed by atoms with Crippen molar-refractivity contribution in [2.24, 2.45) is 5.41 Å². The summed E-state index contributed by atoms with van der Waals surface area (Å²) in [7, 11) is 0. The first kappa shape index (κ1) is 16.2. The zero-order valence-corrected chi connectivity index (χ0v) is 14.1. The number of hydrogen-bond acceptors (Lipinski definition) is 1. The van der Waals surface area contributed by atoms with Gasteiger partial charge in [-0.15, -0.1) is 0 Å². The van der Waals surface area contributed by atoms with Gasteiger partial charge >= 0.3 is 0 Å². The molecule has 19 heavy (non-hydrogen) atoms. The van der Waals surface area contributed by atoms with Crippen molar-refractivity contribution in [3.63, 3.8) is 0 Å². The number of nitrogens with one attached hydrogen (secondary N) is 1. The van der Waals surface area contributed by atoms with E-state index >= 15 is 0 Å². The molecule has 2 nitrogen and oxygen atoms in total. The Bertz CT molecular complexity index is 428. The van der Waals surface area contributed by atoms with Crippen molar-refractivity contribution in [3.8, 4) is 0 Å². The first-order valence-corrected chi connectivity index (χ1v) is 7.61. The van der Waals surface area contributed by atoms with Crippen LogP contribution in [0.2, 0.25) is 0 Å². The lowest BCUT2D eigenvalue weighted by Gasteiger charge is -2.22. The van der Waals surface area contributed by atoms with Gasteiger partial charge in [0.25, 0.3) is 5.91 Å². The monoisotopic (exact) mass is 325 g/mol. The Kier molecular flexibility index (Phi) is 5.60. The first-order chi connectivity index (χ1) is 8.70. The second-order valence-corrected chi connectivity index (χ2v) is 7.63. The van der Waals surface area contributed by atoms with Gasteiger partial charge in [0.05, 0.1) is 0 Å². The fourth-order valence-corrected chi connectivity index (χ4v) is 3.33. The van der Waals surface area contributed by atoms with Crippen molar-refractivity contribution >= 4 is 21.8 Å². The summed E-state index contributed by atoms with van der Waals surface area (Å²) in [6, 6.07) is 5.93. The maximum absolute atomic E-state index is 12.2. The quantitative estimate of drug-likeness (QED) is 0.824. The number of aryl methyl sites for hydroxylation is 2. The summed E-state index contributed by atoms with van der Waals surface area (Å²) in [6.07, 6.45) is 1.03. The van der Waals surface area contributed by atoms with E-state index in [1.807, 2.05) is 32.0 Å². The fraction of sp³-hybridized carbons (Fsp3) is 0.562. The van der Waals surface area contributed by atoms with Crippen LogP contribution >= 0.6 is 15.9 Å². The van der Waals surface area contributed by atoms with Crippen LogP contribution in [0, 0.1) is 19.3 Å². The maximum Gasteiger partial charge on any atom is 0.251 e. The van der Waals surface area contributed by atoms with Gasteiger partial charge in [-0.05, 0) is 36.8 Å². The van der Waals surface area contributed by atoms with E-state index in [9.17, 15) is 4.79 Å². The molecule has 0 aromatic heterocycles. The number of hydrogen-bond donors (Lipinski definition) is 1. The van der Waals surface area contributed by atoms with Crippen molar-refractivity contribution < 1.29 is 4.79 Å². The van der Waals surface area contributed by atoms with Gasteiger partial charge in [0.15, 0.2) is 0 Å². The summed E-state index contributed by atoms with van der Waals surface area (Å²) in [4.78, 5) is 12.5. The lowest BCUT2D eigenvalue weighted by molar-refractivity contribution is 0.0951. The number of carbonyl (C=O) groups is 1. The Morgan fingerprint density at radius 1 is 1.26 bits per heavy atom. The number of amides is 1. The molecule has 0 bridgehead atoms. The van der Waals surface area contributed by atoms with Crippen LogP contribution < -0.4 is 5.32 Å². The lowest BCUT2D eigenvalue weighted by Crippen LogP contribution is -2.32. The molecule has 106 valence electrons. The van der Waals surface area contributed by atoms with Gasteiger partial charge < -0.3 is 5.32 Å². The predicted octanol–water partition coefficient (Wildman–Crippen LogP) is 4.23. The summed E-state index contributed by atoms with van der Waals surface area (Å²) in [5, 5.41) is 3.02. The zero-order chi connectivity index (χ0) is 14.6. The van der Waals surface area contributed by atoms with Crippen LogP contribution in [0.4, 0.5) is 0 Å². The summed E-state index contributed by atoms with van der Waals surface area (Å²) >= 11 is 3.64. The number of rotatable bonds is 4. The number of alkyl halides is 1. The Labute approximate surface area is 125 Å². The second-order valence-electron chi connectivity index (χ2n) is 6.34. The molecule has 1 aromatic rings. The third-order valence-corrected chi connectivity index (χ3v) is 3.67. The fourth-order valence-electron chi connectivity index (χ4n) is 2.20. The highest BCUT2D eigenvalue weighted by atomic mass is 79.9. The molecule has 0 heterocycles. The highest BCUT2D eigenvalue weighted by molar-refractivity contribution is 9.09. The van der Waals surface area contributed by atoms with Gasteiger partial charge in [-0.3, -0.25) is 4.79 Å². The SMILES string of the molecule is Cc1cccc(C)c1C(=O)NCC(Br)CC(C)(C)C. The molecule has 0 spiro atoms. The molecule has 0 aliphatic carbocycles. The van der Waals surface area contributed by atoms with Crippen molar-refractivity contribution in [1.29, 1.82) is 0 Å². The van der Waals surface area contributed by atoms with Gasteiger partial charge in [0.2, 0.25) is 0 Å². The van der Waals surface area contributed by atoms with Crippen LogP contribution in [-0.2, 0) is 0 Å². The van der Waals surface area contributed by atoms with Gasteiger partial charge in [-0.1, -0.05) is 54.9 Å². The largest absolute Gasteiger partial charge is 0.351 e. The van der Waals surface area contributed by atoms with Crippen molar-refractivity contribution in [2.75, 3.05) is 6.54 Å². The third-order valence-electron chi connectivity index (χ3n) is 3.03. The average molecular weight is 326 g/mol. The van der Waals surface area contributed by atoms with Crippen LogP contribution in [0.5, 0.6) is 0 Å². The maximum atomic E-state index is 12.2. The molecule has 0 saturated carbocycles. The first-order valence-electron chi connectivity index (χ1n) is 6.69. The Morgan fingerprint density at radius 2 is 1.79 bits per heavy atom. The third kappa shape index (κ3) is 5.35. The molecule has 0 aliphatic heterocycles. The summed E-state index contributed by atoms with van der Waals surface area (Å²) < 4.78 is 0. The Morgan fingerprint density at radius 3 is 2.26 bits per heavy atom. The molecule has 0 radical (unpaired) electrons. The molecule has 1 aromatic carbocycles. The van der Waals surface area contributed by atoms with Gasteiger partial charge in [0, 0.05) is 16.9 Å². The molecule has 0 aliphatic rings. The van der Waals surface area contributed by atoms with E-state index in [1.165, 1.54) is 0 Å². The molecular weight excluding hydrogens is 302 g/mol. The van der Waals surface area contributed by atoms with Crippen molar-refractivity contribution in [1.82, 2.24) is 5.32 Å². The normalized spacial score (nSPS) is 13.2. The summed E-state index contributed by atoms with van der Waals surface area (Å²) in [5.74, 6) is 0.0222. The summed E-state index contributed by atoms with van der Waals surface area (Å²) in [6.45, 7) is 11.2. The summed E-state index contributed by atoms with van der Waals surface area (Å²) in [5.41, 5.74) is 3.12. The molecule has 1 rings (SSSR count). The second kappa shape index (κ2) is 6.56. The van der Waals surface area contributed by atoms with E-state index in [0.717, 1.165) is 23.1 Å². The number of carbonyl (C=O) groups excluding carboxylic acids is 1. The van der Waals surface area contributed by atoms with Crippen LogP contribution in [0.1, 0.15) is 48.7 Å². The highest BCUT2D eigenvalue weighted by Gasteiger charge is 2.18. The molecule has 3 heteroatoms. The lowest BCUT2D eigenvalue weighted by atomic mass is 9.90. The number of halogens is 1. The van der Waals surface area contributed by atoms with E-state index in [2.05, 4.69) is 42.0 Å². The topological polar surface area (TPSA) is 29.1 Å². The predicted molar refractivity (Wildman–Crippen MR) is 85.0 cm³/mol. The molecule has 0 fully saturated rings. The van der Waals surface area contributed by atoms with Gasteiger partial charge in [-0.25, -0.2) is 0 Å². The molecular formula is C16H24BrNO. The average Bonchev–Trinajstić information content (AvgIpc) is 2.23. The standard InChI is InChI=1S/C16H24BrNO/c1-11-7-6-8-12(2)14(11)15(19)18-10-13(17)9-16(3,4)5/h6-8,13H,9-10H2,1-5H3,(H,18,19). The molecule has 1 N–H and O–H groups in total. The smallest absolute Gasteiger partial charge is 0.251 e. The Hall–Kier alpha value is -0.830. The molecule has 0 saturated heterocycles. The van der Waals surface area contributed by atoms with E-state index in [0.29, 0.717) is 11.4 Å². The van der Waals surface area contributed by atoms with Crippen LogP contribution in [0.3, 0.4) is 0 Å². The van der Waals surface area contributed by atoms with Crippen molar-refractivity contribution in [2.45, 2.75) is 45.9 Å². The minimum absolute atomic E-state index is 0.0222. The van der Waals surface area contributed by atoms with E-state index < -0.39 is 0 Å².